The third-order valence-corrected chi connectivity index (χ3v) is 5.88. The first-order chi connectivity index (χ1) is 17.9. The standard InChI is InChI=1S/C26H21Cl2N5O4/c1-15(2)37-26(34)36-14-35-24-19(12-20(27)17-8-4-9-30-23(17)24)22(33-25-31-10-5-11-32-25)18-7-3-6-16(13-29)21(18)28/h3-12,15,22H,14H2,1-2H3,(H,31,32,33). The molecule has 1 N–H and O–H groups in total. The number of fused-ring (bicyclic) bond motifs is 1. The predicted octanol–water partition coefficient (Wildman–Crippen LogP) is 6.30. The van der Waals surface area contributed by atoms with E-state index in [-0.39, 0.29) is 22.4 Å². The van der Waals surface area contributed by atoms with Gasteiger partial charge in [-0.05, 0) is 49.7 Å². The van der Waals surface area contributed by atoms with Gasteiger partial charge in [0.15, 0.2) is 5.75 Å². The van der Waals surface area contributed by atoms with Gasteiger partial charge in [-0.3, -0.25) is 4.98 Å². The molecule has 0 aliphatic carbocycles. The van der Waals surface area contributed by atoms with E-state index in [0.717, 1.165) is 0 Å². The number of carbonyl (C=O) groups excluding carboxylic acids is 1. The van der Waals surface area contributed by atoms with Gasteiger partial charge in [-0.15, -0.1) is 0 Å². The Kier molecular flexibility index (Phi) is 8.23. The van der Waals surface area contributed by atoms with E-state index >= 15 is 0 Å². The largest absolute Gasteiger partial charge is 0.511 e. The molecule has 2 aromatic heterocycles. The summed E-state index contributed by atoms with van der Waals surface area (Å²) in [5.74, 6) is 0.579. The van der Waals surface area contributed by atoms with Crippen LogP contribution in [0, 0.1) is 11.3 Å². The number of ether oxygens (including phenoxy) is 3. The van der Waals surface area contributed by atoms with E-state index in [0.29, 0.717) is 33.0 Å². The lowest BCUT2D eigenvalue weighted by Crippen LogP contribution is -2.19. The highest BCUT2D eigenvalue weighted by atomic mass is 35.5. The van der Waals surface area contributed by atoms with Gasteiger partial charge in [-0.2, -0.15) is 5.26 Å². The molecule has 4 rings (SSSR count). The zero-order chi connectivity index (χ0) is 26.4. The van der Waals surface area contributed by atoms with Crippen molar-refractivity contribution in [3.8, 4) is 11.8 Å². The molecule has 11 heteroatoms. The Morgan fingerprint density at radius 2 is 1.81 bits per heavy atom. The zero-order valence-corrected chi connectivity index (χ0v) is 21.3. The Hall–Kier alpha value is -4.13. The van der Waals surface area contributed by atoms with Crippen LogP contribution in [0.4, 0.5) is 10.7 Å². The number of aromatic nitrogens is 3. The predicted molar refractivity (Wildman–Crippen MR) is 139 cm³/mol. The zero-order valence-electron chi connectivity index (χ0n) is 19.8. The normalized spacial score (nSPS) is 11.6. The molecular weight excluding hydrogens is 517 g/mol. The van der Waals surface area contributed by atoms with Crippen molar-refractivity contribution >= 4 is 46.2 Å². The molecule has 0 radical (unpaired) electrons. The summed E-state index contributed by atoms with van der Waals surface area (Å²) >= 11 is 13.3. The summed E-state index contributed by atoms with van der Waals surface area (Å²) in [4.78, 5) is 24.9. The molecule has 0 fully saturated rings. The maximum Gasteiger partial charge on any atom is 0.511 e. The van der Waals surface area contributed by atoms with E-state index in [2.05, 4.69) is 26.3 Å². The Bertz CT molecular complexity index is 1460. The van der Waals surface area contributed by atoms with Gasteiger partial charge in [0, 0.05) is 29.5 Å². The first-order valence-corrected chi connectivity index (χ1v) is 11.9. The van der Waals surface area contributed by atoms with Crippen LogP contribution in [0.2, 0.25) is 10.0 Å². The number of hydrogen-bond donors (Lipinski definition) is 1. The number of rotatable bonds is 8. The van der Waals surface area contributed by atoms with Crippen LogP contribution in [-0.4, -0.2) is 34.0 Å². The summed E-state index contributed by atoms with van der Waals surface area (Å²) in [7, 11) is 0. The first-order valence-electron chi connectivity index (χ1n) is 11.1. The molecule has 0 amide bonds. The van der Waals surface area contributed by atoms with Crippen LogP contribution < -0.4 is 10.1 Å². The van der Waals surface area contributed by atoms with E-state index in [1.54, 1.807) is 74.9 Å². The number of anilines is 1. The molecule has 0 aliphatic heterocycles. The van der Waals surface area contributed by atoms with Crippen molar-refractivity contribution in [1.29, 1.82) is 5.26 Å². The van der Waals surface area contributed by atoms with Gasteiger partial charge in [-0.1, -0.05) is 35.3 Å². The molecule has 188 valence electrons. The van der Waals surface area contributed by atoms with Crippen LogP contribution in [0.5, 0.6) is 5.75 Å². The third kappa shape index (κ3) is 6.00. The molecule has 0 aliphatic rings. The molecule has 2 aromatic carbocycles. The van der Waals surface area contributed by atoms with Gasteiger partial charge in [0.25, 0.3) is 0 Å². The highest BCUT2D eigenvalue weighted by Gasteiger charge is 2.26. The van der Waals surface area contributed by atoms with Gasteiger partial charge in [-0.25, -0.2) is 14.8 Å². The van der Waals surface area contributed by atoms with E-state index in [1.807, 2.05) is 0 Å². The number of nitrogens with one attached hydrogen (secondary N) is 1. The summed E-state index contributed by atoms with van der Waals surface area (Å²) in [5, 5.41) is 14.1. The second-order valence-electron chi connectivity index (χ2n) is 7.97. The molecule has 2 heterocycles. The van der Waals surface area contributed by atoms with Crippen LogP contribution in [0.3, 0.4) is 0 Å². The highest BCUT2D eigenvalue weighted by molar-refractivity contribution is 6.35. The number of benzene rings is 2. The maximum atomic E-state index is 11.9. The van der Waals surface area contributed by atoms with Gasteiger partial charge < -0.3 is 19.5 Å². The maximum absolute atomic E-state index is 11.9. The fourth-order valence-electron chi connectivity index (χ4n) is 3.61. The lowest BCUT2D eigenvalue weighted by molar-refractivity contribution is -0.00807. The van der Waals surface area contributed by atoms with E-state index in [1.165, 1.54) is 0 Å². The van der Waals surface area contributed by atoms with Crippen LogP contribution in [0.15, 0.2) is 61.1 Å². The number of carbonyl (C=O) groups is 1. The van der Waals surface area contributed by atoms with Crippen LogP contribution in [0.1, 0.15) is 36.6 Å². The Morgan fingerprint density at radius 1 is 1.05 bits per heavy atom. The van der Waals surface area contributed by atoms with Gasteiger partial charge in [0.2, 0.25) is 12.7 Å². The average molecular weight is 538 g/mol. The topological polar surface area (TPSA) is 119 Å². The van der Waals surface area contributed by atoms with Gasteiger partial charge >= 0.3 is 6.16 Å². The summed E-state index contributed by atoms with van der Waals surface area (Å²) in [6, 6.07) is 13.4. The van der Waals surface area contributed by atoms with Crippen molar-refractivity contribution in [2.24, 2.45) is 0 Å². The molecule has 0 saturated heterocycles. The number of nitriles is 1. The summed E-state index contributed by atoms with van der Waals surface area (Å²) < 4.78 is 16.1. The van der Waals surface area contributed by atoms with Crippen molar-refractivity contribution < 1.29 is 19.0 Å². The smallest absolute Gasteiger partial charge is 0.455 e. The molecule has 0 spiro atoms. The fourth-order valence-corrected chi connectivity index (χ4v) is 4.16. The second-order valence-corrected chi connectivity index (χ2v) is 8.75. The summed E-state index contributed by atoms with van der Waals surface area (Å²) in [5.41, 5.74) is 1.76. The lowest BCUT2D eigenvalue weighted by Gasteiger charge is -2.24. The molecule has 1 unspecified atom stereocenters. The Morgan fingerprint density at radius 3 is 2.54 bits per heavy atom. The quantitative estimate of drug-likeness (QED) is 0.204. The fraction of sp³-hybridized carbons (Fsp3) is 0.192. The molecule has 1 atom stereocenters. The Labute approximate surface area is 222 Å². The third-order valence-electron chi connectivity index (χ3n) is 5.15. The van der Waals surface area contributed by atoms with Crippen LogP contribution in [0.25, 0.3) is 10.9 Å². The van der Waals surface area contributed by atoms with Crippen LogP contribution >= 0.6 is 23.2 Å². The highest BCUT2D eigenvalue weighted by Crippen LogP contribution is 2.42. The van der Waals surface area contributed by atoms with E-state index < -0.39 is 19.0 Å². The monoisotopic (exact) mass is 537 g/mol. The van der Waals surface area contributed by atoms with Crippen LogP contribution in [-0.2, 0) is 9.47 Å². The van der Waals surface area contributed by atoms with Crippen molar-refractivity contribution in [3.05, 3.63) is 87.8 Å². The number of nitrogens with zero attached hydrogens (tertiary/aromatic N) is 4. The molecular formula is C26H21Cl2N5O4. The molecule has 4 aromatic rings. The lowest BCUT2D eigenvalue weighted by atomic mass is 9.95. The minimum Gasteiger partial charge on any atom is -0.455 e. The minimum absolute atomic E-state index is 0.235. The first kappa shape index (κ1) is 25.9. The second kappa shape index (κ2) is 11.7. The minimum atomic E-state index is -0.875. The van der Waals surface area contributed by atoms with E-state index in [4.69, 9.17) is 37.4 Å². The SMILES string of the molecule is CC(C)OC(=O)OCOc1c(C(Nc2ncccn2)c2cccc(C#N)c2Cl)cc(Cl)c2cccnc12. The van der Waals surface area contributed by atoms with Gasteiger partial charge in [0.1, 0.15) is 11.6 Å². The van der Waals surface area contributed by atoms with Crippen molar-refractivity contribution in [2.75, 3.05) is 12.1 Å². The van der Waals surface area contributed by atoms with Crippen molar-refractivity contribution in [2.45, 2.75) is 26.0 Å². The van der Waals surface area contributed by atoms with Crippen molar-refractivity contribution in [3.63, 3.8) is 0 Å². The Balaban J connectivity index is 1.86. The van der Waals surface area contributed by atoms with E-state index in [9.17, 15) is 10.1 Å². The van der Waals surface area contributed by atoms with Gasteiger partial charge in [0.05, 0.1) is 27.8 Å². The molecule has 0 bridgehead atoms. The summed E-state index contributed by atoms with van der Waals surface area (Å²) in [6.07, 6.45) is 3.53. The molecule has 9 nitrogen and oxygen atoms in total. The molecule has 0 saturated carbocycles. The number of pyridine rings is 1. The molecule has 37 heavy (non-hydrogen) atoms. The number of halogens is 2. The summed E-state index contributed by atoms with van der Waals surface area (Å²) in [6.45, 7) is 2.96. The van der Waals surface area contributed by atoms with Crippen molar-refractivity contribution in [1.82, 2.24) is 15.0 Å². The average Bonchev–Trinajstić information content (AvgIpc) is 2.89. The number of hydrogen-bond acceptors (Lipinski definition) is 9.